The van der Waals surface area contributed by atoms with Crippen LogP contribution in [0.3, 0.4) is 0 Å². The molecule has 1 amide bonds. The molecule has 0 aromatic heterocycles. The lowest BCUT2D eigenvalue weighted by atomic mass is 10.1. The van der Waals surface area contributed by atoms with Gasteiger partial charge in [0.2, 0.25) is 0 Å². The van der Waals surface area contributed by atoms with Crippen LogP contribution in [0.1, 0.15) is 48.7 Å². The topological polar surface area (TPSA) is 66.0 Å². The normalized spacial score (nSPS) is 11.4. The first-order valence-electron chi connectivity index (χ1n) is 10.9. The highest BCUT2D eigenvalue weighted by Crippen LogP contribution is 2.18. The van der Waals surface area contributed by atoms with Gasteiger partial charge in [-0.15, -0.1) is 0 Å². The minimum absolute atomic E-state index is 0.000616. The number of para-hydroxylation sites is 1. The molecule has 0 atom stereocenters. The Morgan fingerprint density at radius 1 is 1.06 bits per heavy atom. The van der Waals surface area contributed by atoms with Crippen molar-refractivity contribution in [3.05, 3.63) is 65.2 Å². The van der Waals surface area contributed by atoms with E-state index in [0.29, 0.717) is 24.6 Å². The molecule has 0 unspecified atom stereocenters. The van der Waals surface area contributed by atoms with E-state index < -0.39 is 0 Å². The van der Waals surface area contributed by atoms with Gasteiger partial charge >= 0.3 is 0 Å². The number of rotatable bonds is 10. The van der Waals surface area contributed by atoms with Gasteiger partial charge in [-0.2, -0.15) is 0 Å². The first kappa shape index (κ1) is 24.3. The van der Waals surface area contributed by atoms with E-state index in [4.69, 9.17) is 4.74 Å². The predicted octanol–water partition coefficient (Wildman–Crippen LogP) is 4.07. The summed E-state index contributed by atoms with van der Waals surface area (Å²) in [5, 5.41) is 6.67. The second-order valence-corrected chi connectivity index (χ2v) is 8.08. The fraction of sp³-hybridized carbons (Fsp3) is 0.440. The van der Waals surface area contributed by atoms with Gasteiger partial charge in [-0.3, -0.25) is 4.79 Å². The number of ether oxygens (including phenoxy) is 1. The Morgan fingerprint density at radius 3 is 2.42 bits per heavy atom. The van der Waals surface area contributed by atoms with Crippen LogP contribution in [-0.4, -0.2) is 44.0 Å². The van der Waals surface area contributed by atoms with Crippen LogP contribution in [0.15, 0.2) is 53.5 Å². The average molecular weight is 425 g/mol. The lowest BCUT2D eigenvalue weighted by Gasteiger charge is -2.15. The highest BCUT2D eigenvalue weighted by Gasteiger charge is 2.08. The maximum absolute atomic E-state index is 12.0. The fourth-order valence-electron chi connectivity index (χ4n) is 2.90. The number of nitrogens with one attached hydrogen (secondary N) is 2. The van der Waals surface area contributed by atoms with Crippen LogP contribution in [0.4, 0.5) is 0 Å². The van der Waals surface area contributed by atoms with Crippen LogP contribution in [0.25, 0.3) is 0 Å². The Morgan fingerprint density at radius 2 is 1.77 bits per heavy atom. The zero-order chi connectivity index (χ0) is 22.6. The van der Waals surface area contributed by atoms with Gasteiger partial charge in [0.15, 0.2) is 5.96 Å². The maximum atomic E-state index is 12.0. The average Bonchev–Trinajstić information content (AvgIpc) is 2.76. The van der Waals surface area contributed by atoms with Gasteiger partial charge in [-0.05, 0) is 43.0 Å². The Bertz CT molecular complexity index is 845. The Kier molecular flexibility index (Phi) is 9.88. The number of hydrogen-bond acceptors (Lipinski definition) is 3. The van der Waals surface area contributed by atoms with Crippen LogP contribution in [0.2, 0.25) is 0 Å². The first-order valence-corrected chi connectivity index (χ1v) is 10.9. The summed E-state index contributed by atoms with van der Waals surface area (Å²) < 4.78 is 5.99. The van der Waals surface area contributed by atoms with E-state index >= 15 is 0 Å². The quantitative estimate of drug-likeness (QED) is 0.446. The number of hydrogen-bond donors (Lipinski definition) is 2. The Labute approximate surface area is 186 Å². The molecule has 31 heavy (non-hydrogen) atoms. The van der Waals surface area contributed by atoms with Crippen molar-refractivity contribution in [1.82, 2.24) is 15.5 Å². The third kappa shape index (κ3) is 8.32. The molecule has 2 aromatic carbocycles. The lowest BCUT2D eigenvalue weighted by molar-refractivity contribution is 0.0827. The van der Waals surface area contributed by atoms with Gasteiger partial charge in [-0.1, -0.05) is 44.2 Å². The molecule has 0 aliphatic carbocycles. The van der Waals surface area contributed by atoms with Crippen LogP contribution in [0, 0.1) is 5.92 Å². The van der Waals surface area contributed by atoms with Crippen molar-refractivity contribution in [1.29, 1.82) is 0 Å². The SMILES string of the molecule is CCNC(=NCc1ccc(C(=O)N(C)C)cc1)NCc1ccccc1OCCC(C)C. The third-order valence-corrected chi connectivity index (χ3v) is 4.74. The molecule has 0 saturated heterocycles. The number of benzene rings is 2. The number of guanidine groups is 1. The number of aliphatic imine (C=N–C) groups is 1. The number of carbonyl (C=O) groups excluding carboxylic acids is 1. The molecule has 0 aliphatic heterocycles. The molecule has 0 bridgehead atoms. The van der Waals surface area contributed by atoms with E-state index in [1.807, 2.05) is 49.4 Å². The van der Waals surface area contributed by atoms with Crippen molar-refractivity contribution < 1.29 is 9.53 Å². The molecule has 0 saturated carbocycles. The van der Waals surface area contributed by atoms with Gasteiger partial charge in [-0.25, -0.2) is 4.99 Å². The highest BCUT2D eigenvalue weighted by atomic mass is 16.5. The molecular formula is C25H36N4O2. The van der Waals surface area contributed by atoms with E-state index in [2.05, 4.69) is 35.5 Å². The molecule has 2 rings (SSSR count). The van der Waals surface area contributed by atoms with E-state index in [1.165, 1.54) is 0 Å². The molecule has 0 aliphatic rings. The number of amides is 1. The second kappa shape index (κ2) is 12.6. The molecule has 6 heteroatoms. The summed E-state index contributed by atoms with van der Waals surface area (Å²) >= 11 is 0. The van der Waals surface area contributed by atoms with Gasteiger partial charge < -0.3 is 20.3 Å². The maximum Gasteiger partial charge on any atom is 0.253 e. The summed E-state index contributed by atoms with van der Waals surface area (Å²) in [6.07, 6.45) is 1.03. The minimum atomic E-state index is -0.000616. The fourth-order valence-corrected chi connectivity index (χ4v) is 2.90. The van der Waals surface area contributed by atoms with Crippen molar-refractivity contribution in [2.24, 2.45) is 10.9 Å². The van der Waals surface area contributed by atoms with E-state index in [-0.39, 0.29) is 5.91 Å². The lowest BCUT2D eigenvalue weighted by Crippen LogP contribution is -2.36. The van der Waals surface area contributed by atoms with Crippen LogP contribution in [0.5, 0.6) is 5.75 Å². The third-order valence-electron chi connectivity index (χ3n) is 4.74. The summed E-state index contributed by atoms with van der Waals surface area (Å²) in [6.45, 7) is 9.08. The van der Waals surface area contributed by atoms with Crippen LogP contribution in [-0.2, 0) is 13.1 Å². The van der Waals surface area contributed by atoms with E-state index in [9.17, 15) is 4.79 Å². The largest absolute Gasteiger partial charge is 0.493 e. The summed E-state index contributed by atoms with van der Waals surface area (Å²) in [4.78, 5) is 18.3. The van der Waals surface area contributed by atoms with Gasteiger partial charge in [0, 0.05) is 38.3 Å². The monoisotopic (exact) mass is 424 g/mol. The zero-order valence-corrected chi connectivity index (χ0v) is 19.4. The zero-order valence-electron chi connectivity index (χ0n) is 19.4. The highest BCUT2D eigenvalue weighted by molar-refractivity contribution is 5.93. The van der Waals surface area contributed by atoms with Crippen molar-refractivity contribution in [2.75, 3.05) is 27.2 Å². The molecule has 0 radical (unpaired) electrons. The number of carbonyl (C=O) groups is 1. The van der Waals surface area contributed by atoms with Crippen molar-refractivity contribution >= 4 is 11.9 Å². The Hall–Kier alpha value is -3.02. The first-order chi connectivity index (χ1) is 14.9. The standard InChI is InChI=1S/C25H36N4O2/c1-6-26-25(27-17-20-11-13-21(14-12-20)24(30)29(4)5)28-18-22-9-7-8-10-23(22)31-16-15-19(2)3/h7-14,19H,6,15-18H2,1-5H3,(H2,26,27,28). The summed E-state index contributed by atoms with van der Waals surface area (Å²) in [5.41, 5.74) is 2.82. The molecule has 2 aromatic rings. The van der Waals surface area contributed by atoms with Crippen LogP contribution < -0.4 is 15.4 Å². The molecule has 0 fully saturated rings. The second-order valence-electron chi connectivity index (χ2n) is 8.08. The summed E-state index contributed by atoms with van der Waals surface area (Å²) in [5.74, 6) is 2.27. The summed E-state index contributed by atoms with van der Waals surface area (Å²) in [7, 11) is 3.50. The Balaban J connectivity index is 1.98. The van der Waals surface area contributed by atoms with Crippen molar-refractivity contribution in [3.8, 4) is 5.75 Å². The molecule has 0 spiro atoms. The summed E-state index contributed by atoms with van der Waals surface area (Å²) in [6, 6.07) is 15.7. The van der Waals surface area contributed by atoms with E-state index in [1.54, 1.807) is 19.0 Å². The van der Waals surface area contributed by atoms with Crippen molar-refractivity contribution in [2.45, 2.75) is 40.3 Å². The smallest absolute Gasteiger partial charge is 0.253 e. The minimum Gasteiger partial charge on any atom is -0.493 e. The van der Waals surface area contributed by atoms with E-state index in [0.717, 1.165) is 42.4 Å². The number of nitrogens with zero attached hydrogens (tertiary/aromatic N) is 2. The molecule has 168 valence electrons. The van der Waals surface area contributed by atoms with Crippen molar-refractivity contribution in [3.63, 3.8) is 0 Å². The van der Waals surface area contributed by atoms with Crippen LogP contribution >= 0.6 is 0 Å². The van der Waals surface area contributed by atoms with Gasteiger partial charge in [0.05, 0.1) is 13.2 Å². The molecule has 2 N–H and O–H groups in total. The van der Waals surface area contributed by atoms with Gasteiger partial charge in [0.1, 0.15) is 5.75 Å². The van der Waals surface area contributed by atoms with Gasteiger partial charge in [0.25, 0.3) is 5.91 Å². The molecule has 0 heterocycles. The predicted molar refractivity (Wildman–Crippen MR) is 128 cm³/mol. The molecular weight excluding hydrogens is 388 g/mol. The molecule has 6 nitrogen and oxygen atoms in total.